The summed E-state index contributed by atoms with van der Waals surface area (Å²) in [4.78, 5) is 18.2. The smallest absolute Gasteiger partial charge is 0.260 e. The van der Waals surface area contributed by atoms with E-state index in [0.717, 1.165) is 22.4 Å². The van der Waals surface area contributed by atoms with Crippen LogP contribution in [0.5, 0.6) is 0 Å². The Morgan fingerprint density at radius 2 is 1.64 bits per heavy atom. The van der Waals surface area contributed by atoms with E-state index in [2.05, 4.69) is 40.7 Å². The third-order valence-corrected chi connectivity index (χ3v) is 7.01. The van der Waals surface area contributed by atoms with E-state index < -0.39 is 0 Å². The summed E-state index contributed by atoms with van der Waals surface area (Å²) < 4.78 is 0.720. The molecule has 0 fully saturated rings. The number of fused-ring (bicyclic) bond motifs is 1. The molecule has 7 heteroatoms. The molecule has 2 heterocycles. The first-order chi connectivity index (χ1) is 17.6. The molecule has 0 aliphatic carbocycles. The van der Waals surface area contributed by atoms with Crippen molar-refractivity contribution in [3.8, 4) is 17.2 Å². The summed E-state index contributed by atoms with van der Waals surface area (Å²) >= 11 is 1.39. The number of nitrogens with two attached hydrogens (primary N) is 1. The minimum atomic E-state index is -0.309. The molecule has 176 valence electrons. The lowest BCUT2D eigenvalue weighted by molar-refractivity contribution is 0.102. The molecular formula is C29H23N5OS. The lowest BCUT2D eigenvalue weighted by Gasteiger charge is -2.10. The maximum absolute atomic E-state index is 13.6. The van der Waals surface area contributed by atoms with E-state index in [9.17, 15) is 10.1 Å². The number of carbonyl (C=O) groups is 1. The Bertz CT molecular complexity index is 1590. The van der Waals surface area contributed by atoms with Crippen LogP contribution in [0.25, 0.3) is 21.3 Å². The highest BCUT2D eigenvalue weighted by Gasteiger charge is 2.26. The molecule has 6 nitrogen and oxygen atoms in total. The number of nitrogens with zero attached hydrogens (tertiary/aromatic N) is 2. The van der Waals surface area contributed by atoms with Gasteiger partial charge in [0, 0.05) is 16.9 Å². The third kappa shape index (κ3) is 4.38. The van der Waals surface area contributed by atoms with Crippen LogP contribution in [0.2, 0.25) is 0 Å². The summed E-state index contributed by atoms with van der Waals surface area (Å²) in [6.45, 7) is 2.11. The quantitative estimate of drug-likeness (QED) is 0.239. The Labute approximate surface area is 213 Å². The monoisotopic (exact) mass is 489 g/mol. The van der Waals surface area contributed by atoms with Crippen molar-refractivity contribution in [3.63, 3.8) is 0 Å². The number of nitrogens with one attached hydrogen (secondary N) is 2. The summed E-state index contributed by atoms with van der Waals surface area (Å²) in [5.74, 6) is -0.218. The molecule has 0 unspecified atom stereocenters. The number of hydrogen-bond acceptors (Lipinski definition) is 6. The maximum Gasteiger partial charge on any atom is 0.260 e. The van der Waals surface area contributed by atoms with Gasteiger partial charge in [0.2, 0.25) is 0 Å². The predicted octanol–water partition coefficient (Wildman–Crippen LogP) is 6.98. The van der Waals surface area contributed by atoms with Crippen LogP contribution in [0.1, 0.15) is 28.4 Å². The van der Waals surface area contributed by atoms with E-state index >= 15 is 0 Å². The fourth-order valence-corrected chi connectivity index (χ4v) is 5.31. The van der Waals surface area contributed by atoms with Crippen molar-refractivity contribution in [1.29, 1.82) is 5.26 Å². The second-order valence-electron chi connectivity index (χ2n) is 8.20. The number of nitriles is 1. The van der Waals surface area contributed by atoms with E-state index in [0.29, 0.717) is 32.9 Å². The molecule has 0 spiro atoms. The fourth-order valence-electron chi connectivity index (χ4n) is 4.08. The van der Waals surface area contributed by atoms with Gasteiger partial charge < -0.3 is 16.4 Å². The second kappa shape index (κ2) is 9.90. The number of anilines is 4. The van der Waals surface area contributed by atoms with Crippen LogP contribution < -0.4 is 16.4 Å². The molecule has 0 radical (unpaired) electrons. The predicted molar refractivity (Wildman–Crippen MR) is 148 cm³/mol. The molecular weight excluding hydrogens is 466 g/mol. The molecule has 36 heavy (non-hydrogen) atoms. The van der Waals surface area contributed by atoms with Crippen molar-refractivity contribution in [1.82, 2.24) is 4.98 Å². The van der Waals surface area contributed by atoms with Gasteiger partial charge in [0.15, 0.2) is 0 Å². The molecule has 0 atom stereocenters. The highest BCUT2D eigenvalue weighted by molar-refractivity contribution is 7.24. The van der Waals surface area contributed by atoms with E-state index in [1.54, 1.807) is 0 Å². The summed E-state index contributed by atoms with van der Waals surface area (Å²) in [6.07, 6.45) is 0.939. The van der Waals surface area contributed by atoms with E-state index in [4.69, 9.17) is 5.73 Å². The molecule has 2 aromatic heterocycles. The first-order valence-electron chi connectivity index (χ1n) is 11.5. The van der Waals surface area contributed by atoms with Crippen molar-refractivity contribution in [2.24, 2.45) is 0 Å². The van der Waals surface area contributed by atoms with Gasteiger partial charge in [-0.15, -0.1) is 11.3 Å². The number of pyridine rings is 1. The van der Waals surface area contributed by atoms with Gasteiger partial charge in [-0.2, -0.15) is 5.26 Å². The number of carbonyl (C=O) groups excluding carboxylic acids is 1. The van der Waals surface area contributed by atoms with Crippen molar-refractivity contribution in [3.05, 3.63) is 102 Å². The number of thiophene rings is 1. The first-order valence-corrected chi connectivity index (χ1v) is 12.3. The number of amides is 1. The van der Waals surface area contributed by atoms with Crippen LogP contribution >= 0.6 is 11.3 Å². The zero-order valence-electron chi connectivity index (χ0n) is 19.6. The van der Waals surface area contributed by atoms with Gasteiger partial charge in [0.1, 0.15) is 28.0 Å². The van der Waals surface area contributed by atoms with Crippen LogP contribution in [-0.4, -0.2) is 10.9 Å². The molecule has 5 rings (SSSR count). The highest BCUT2D eigenvalue weighted by Crippen LogP contribution is 2.44. The van der Waals surface area contributed by atoms with Crippen LogP contribution in [0.4, 0.5) is 22.2 Å². The molecule has 5 aromatic rings. The summed E-state index contributed by atoms with van der Waals surface area (Å²) in [7, 11) is 0. The summed E-state index contributed by atoms with van der Waals surface area (Å²) in [5, 5.41) is 16.9. The topological polar surface area (TPSA) is 104 Å². The second-order valence-corrected chi connectivity index (χ2v) is 9.23. The van der Waals surface area contributed by atoms with Gasteiger partial charge in [-0.05, 0) is 41.8 Å². The fraction of sp³-hybridized carbons (Fsp3) is 0.0690. The van der Waals surface area contributed by atoms with Crippen LogP contribution in [0.15, 0.2) is 84.9 Å². The molecule has 0 aliphatic heterocycles. The first kappa shape index (κ1) is 23.1. The minimum absolute atomic E-state index is 0.0919. The number of benzene rings is 3. The lowest BCUT2D eigenvalue weighted by atomic mass is 10.00. The van der Waals surface area contributed by atoms with Gasteiger partial charge in [-0.1, -0.05) is 67.6 Å². The van der Waals surface area contributed by atoms with Gasteiger partial charge in [0.05, 0.1) is 10.2 Å². The van der Waals surface area contributed by atoms with Crippen LogP contribution in [0, 0.1) is 11.3 Å². The van der Waals surface area contributed by atoms with E-state index in [-0.39, 0.29) is 11.7 Å². The SMILES string of the molecule is CCc1ccc(Nc2sc3c(-c4ccccc4)c(C#N)c(N)nc3c2C(=O)Nc2ccccc2)cc1. The average Bonchev–Trinajstić information content (AvgIpc) is 3.26. The zero-order valence-corrected chi connectivity index (χ0v) is 20.4. The lowest BCUT2D eigenvalue weighted by Crippen LogP contribution is -2.13. The van der Waals surface area contributed by atoms with Gasteiger partial charge in [-0.25, -0.2) is 4.98 Å². The summed E-state index contributed by atoms with van der Waals surface area (Å²) in [6, 6.07) is 29.1. The summed E-state index contributed by atoms with van der Waals surface area (Å²) in [5.41, 5.74) is 11.7. The molecule has 4 N–H and O–H groups in total. The largest absolute Gasteiger partial charge is 0.383 e. The third-order valence-electron chi connectivity index (χ3n) is 5.90. The number of para-hydroxylation sites is 1. The van der Waals surface area contributed by atoms with Gasteiger partial charge >= 0.3 is 0 Å². The Morgan fingerprint density at radius 1 is 0.972 bits per heavy atom. The van der Waals surface area contributed by atoms with Crippen LogP contribution in [-0.2, 0) is 6.42 Å². The number of aryl methyl sites for hydroxylation is 1. The van der Waals surface area contributed by atoms with Gasteiger partial charge in [-0.3, -0.25) is 4.79 Å². The van der Waals surface area contributed by atoms with E-state index in [1.807, 2.05) is 72.8 Å². The van der Waals surface area contributed by atoms with Crippen molar-refractivity contribution in [2.45, 2.75) is 13.3 Å². The molecule has 0 aliphatic rings. The molecule has 0 saturated heterocycles. The zero-order chi connectivity index (χ0) is 25.1. The molecule has 0 bridgehead atoms. The standard InChI is InChI=1S/C29H23N5OS/c1-2-18-13-15-21(16-14-18)33-29-24(28(35)32-20-11-7-4-8-12-20)25-26(36-29)23(19-9-5-3-6-10-19)22(17-30)27(31)34-25/h3-16,33H,2H2,1H3,(H2,31,34)(H,32,35). The Hall–Kier alpha value is -4.67. The Kier molecular flexibility index (Phi) is 6.35. The number of aromatic nitrogens is 1. The average molecular weight is 490 g/mol. The number of rotatable bonds is 6. The highest BCUT2D eigenvalue weighted by atomic mass is 32.1. The van der Waals surface area contributed by atoms with Crippen molar-refractivity contribution >= 4 is 49.7 Å². The number of hydrogen-bond donors (Lipinski definition) is 3. The van der Waals surface area contributed by atoms with Crippen molar-refractivity contribution in [2.75, 3.05) is 16.4 Å². The number of nitrogen functional groups attached to an aromatic ring is 1. The minimum Gasteiger partial charge on any atom is -0.383 e. The van der Waals surface area contributed by atoms with E-state index in [1.165, 1.54) is 16.9 Å². The maximum atomic E-state index is 13.6. The molecule has 1 amide bonds. The normalized spacial score (nSPS) is 10.7. The Morgan fingerprint density at radius 3 is 2.28 bits per heavy atom. The molecule has 3 aromatic carbocycles. The Balaban J connectivity index is 1.73. The van der Waals surface area contributed by atoms with Crippen LogP contribution in [0.3, 0.4) is 0 Å². The molecule has 0 saturated carbocycles. The van der Waals surface area contributed by atoms with Gasteiger partial charge in [0.25, 0.3) is 5.91 Å². The van der Waals surface area contributed by atoms with Crippen molar-refractivity contribution < 1.29 is 4.79 Å².